The number of rotatable bonds is 12. The molecule has 0 fully saturated rings. The van der Waals surface area contributed by atoms with Gasteiger partial charge in [-0.25, -0.2) is 9.48 Å². The highest BCUT2D eigenvalue weighted by molar-refractivity contribution is 6.02. The number of fused-ring (bicyclic) bond motifs is 1. The molecule has 53 heavy (non-hydrogen) atoms. The van der Waals surface area contributed by atoms with Crippen LogP contribution in [0.25, 0.3) is 11.8 Å². The Morgan fingerprint density at radius 2 is 1.53 bits per heavy atom. The Kier molecular flexibility index (Phi) is 14.2. The van der Waals surface area contributed by atoms with Gasteiger partial charge in [0.1, 0.15) is 5.75 Å². The topological polar surface area (TPSA) is 119 Å². The number of allylic oxidation sites excluding steroid dienone is 1. The SMILES string of the molecule is CCCCN(CCCC)C(=O)c1nn(-c2ccc(C(=O)Oc3ccccc3)cc2C(=O)N2CCc3ccccc3C2)c(C)c1/C=C/C(C)(C)C.O=C=O. The van der Waals surface area contributed by atoms with Gasteiger partial charge >= 0.3 is 12.1 Å². The normalized spacial score (nSPS) is 12.4. The summed E-state index contributed by atoms with van der Waals surface area (Å²) in [6.45, 7) is 14.8. The molecule has 10 heteroatoms. The molecule has 10 nitrogen and oxygen atoms in total. The number of ether oxygens (including phenoxy) is 1. The van der Waals surface area contributed by atoms with Crippen LogP contribution in [-0.4, -0.2) is 63.1 Å². The van der Waals surface area contributed by atoms with Crippen molar-refractivity contribution in [2.75, 3.05) is 19.6 Å². The van der Waals surface area contributed by atoms with E-state index >= 15 is 0 Å². The molecule has 1 aliphatic rings. The number of hydrogen-bond donors (Lipinski definition) is 0. The summed E-state index contributed by atoms with van der Waals surface area (Å²) in [5.41, 5.74) is 5.08. The maximum Gasteiger partial charge on any atom is 0.373 e. The minimum Gasteiger partial charge on any atom is -0.423 e. The van der Waals surface area contributed by atoms with Gasteiger partial charge in [0.05, 0.1) is 16.8 Å². The molecule has 2 amide bonds. The van der Waals surface area contributed by atoms with Crippen LogP contribution in [0.15, 0.2) is 78.9 Å². The average molecular weight is 719 g/mol. The Morgan fingerprint density at radius 1 is 0.906 bits per heavy atom. The second kappa shape index (κ2) is 18.8. The summed E-state index contributed by atoms with van der Waals surface area (Å²) < 4.78 is 7.36. The number of carbonyl (C=O) groups is 3. The number of para-hydroxylation sites is 1. The van der Waals surface area contributed by atoms with Gasteiger partial charge in [-0.15, -0.1) is 0 Å². The van der Waals surface area contributed by atoms with Crippen molar-refractivity contribution in [2.24, 2.45) is 5.41 Å². The first-order valence-corrected chi connectivity index (χ1v) is 18.3. The van der Waals surface area contributed by atoms with Crippen LogP contribution in [-0.2, 0) is 22.6 Å². The van der Waals surface area contributed by atoms with E-state index in [1.807, 2.05) is 41.0 Å². The molecule has 3 aromatic carbocycles. The number of benzene rings is 3. The molecule has 0 saturated heterocycles. The number of unbranched alkanes of at least 4 members (excludes halogenated alkanes) is 2. The highest BCUT2D eigenvalue weighted by Crippen LogP contribution is 2.29. The fourth-order valence-electron chi connectivity index (χ4n) is 6.12. The summed E-state index contributed by atoms with van der Waals surface area (Å²) >= 11 is 0. The van der Waals surface area contributed by atoms with Crippen molar-refractivity contribution in [3.05, 3.63) is 118 Å². The van der Waals surface area contributed by atoms with Crippen molar-refractivity contribution in [2.45, 2.75) is 80.2 Å². The Bertz CT molecular complexity index is 1940. The van der Waals surface area contributed by atoms with E-state index in [0.717, 1.165) is 48.9 Å². The molecule has 0 saturated carbocycles. The standard InChI is InChI=1S/C42H50N4O4.CO2/c1-7-9-25-44(26-10-8-2)40(48)38-35(22-24-42(4,5)6)30(3)46(43-38)37-21-20-32(41(49)50-34-18-12-11-13-19-34)28-36(37)39(47)45-27-23-31-16-14-15-17-33(31)29-45;2-1-3/h11-22,24,28H,7-10,23,25-27,29H2,1-6H3;/b24-22+;. The molecule has 0 N–H and O–H groups in total. The van der Waals surface area contributed by atoms with E-state index in [1.54, 1.807) is 47.1 Å². The maximum atomic E-state index is 14.5. The summed E-state index contributed by atoms with van der Waals surface area (Å²) in [5, 5.41) is 4.97. The molecule has 0 atom stereocenters. The summed E-state index contributed by atoms with van der Waals surface area (Å²) in [7, 11) is 0. The molecular weight excluding hydrogens is 668 g/mol. The quantitative estimate of drug-likeness (QED) is 0.107. The Balaban J connectivity index is 0.00000202. The van der Waals surface area contributed by atoms with E-state index in [1.165, 1.54) is 5.56 Å². The van der Waals surface area contributed by atoms with Crippen molar-refractivity contribution < 1.29 is 28.7 Å². The minimum atomic E-state index is -0.565. The van der Waals surface area contributed by atoms with Crippen molar-refractivity contribution in [1.82, 2.24) is 19.6 Å². The van der Waals surface area contributed by atoms with Crippen LogP contribution in [0.3, 0.4) is 0 Å². The summed E-state index contributed by atoms with van der Waals surface area (Å²) in [5.74, 6) is -0.485. The van der Waals surface area contributed by atoms with Crippen LogP contribution in [0.4, 0.5) is 0 Å². The van der Waals surface area contributed by atoms with Gasteiger partial charge in [-0.05, 0) is 73.1 Å². The van der Waals surface area contributed by atoms with Crippen molar-refractivity contribution in [3.63, 3.8) is 0 Å². The van der Waals surface area contributed by atoms with E-state index in [4.69, 9.17) is 19.4 Å². The predicted molar refractivity (Wildman–Crippen MR) is 204 cm³/mol. The summed E-state index contributed by atoms with van der Waals surface area (Å²) in [4.78, 5) is 62.2. The van der Waals surface area contributed by atoms with Gasteiger partial charge in [0.25, 0.3) is 11.8 Å². The fourth-order valence-corrected chi connectivity index (χ4v) is 6.12. The second-order valence-corrected chi connectivity index (χ2v) is 14.2. The Hall–Kier alpha value is -5.60. The molecule has 1 aromatic heterocycles. The second-order valence-electron chi connectivity index (χ2n) is 14.2. The summed E-state index contributed by atoms with van der Waals surface area (Å²) in [6.07, 6.45) is 8.82. The highest BCUT2D eigenvalue weighted by atomic mass is 16.5. The first kappa shape index (κ1) is 40.2. The lowest BCUT2D eigenvalue weighted by Crippen LogP contribution is -2.36. The van der Waals surface area contributed by atoms with Crippen LogP contribution < -0.4 is 4.74 Å². The molecule has 0 unspecified atom stereocenters. The van der Waals surface area contributed by atoms with Gasteiger partial charge in [-0.2, -0.15) is 14.7 Å². The number of esters is 1. The van der Waals surface area contributed by atoms with Crippen molar-refractivity contribution in [1.29, 1.82) is 0 Å². The lowest BCUT2D eigenvalue weighted by Gasteiger charge is -2.29. The van der Waals surface area contributed by atoms with Crippen LogP contribution in [0, 0.1) is 12.3 Å². The molecule has 4 aromatic rings. The van der Waals surface area contributed by atoms with Gasteiger partial charge in [-0.3, -0.25) is 9.59 Å². The summed E-state index contributed by atoms with van der Waals surface area (Å²) in [6, 6.07) is 22.0. The molecule has 0 spiro atoms. The van der Waals surface area contributed by atoms with Gasteiger partial charge < -0.3 is 14.5 Å². The first-order valence-electron chi connectivity index (χ1n) is 18.3. The van der Waals surface area contributed by atoms with Crippen molar-refractivity contribution in [3.8, 4) is 11.4 Å². The van der Waals surface area contributed by atoms with E-state index in [2.05, 4.69) is 52.8 Å². The first-order chi connectivity index (χ1) is 25.4. The molecule has 0 aliphatic carbocycles. The Morgan fingerprint density at radius 3 is 2.15 bits per heavy atom. The number of aromatic nitrogens is 2. The van der Waals surface area contributed by atoms with Gasteiger partial charge in [0.2, 0.25) is 0 Å². The smallest absolute Gasteiger partial charge is 0.373 e. The molecular formula is C43H50N4O6. The zero-order chi connectivity index (χ0) is 38.5. The third-order valence-corrected chi connectivity index (χ3v) is 9.03. The van der Waals surface area contributed by atoms with Crippen LogP contribution in [0.1, 0.15) is 114 Å². The zero-order valence-electron chi connectivity index (χ0n) is 31.7. The average Bonchev–Trinajstić information content (AvgIpc) is 3.48. The molecule has 0 bridgehead atoms. The molecule has 278 valence electrons. The van der Waals surface area contributed by atoms with Crippen LogP contribution in [0.5, 0.6) is 5.75 Å². The number of hydrogen-bond acceptors (Lipinski definition) is 7. The van der Waals surface area contributed by atoms with Crippen LogP contribution >= 0.6 is 0 Å². The molecule has 2 heterocycles. The monoisotopic (exact) mass is 718 g/mol. The van der Waals surface area contributed by atoms with Crippen LogP contribution in [0.2, 0.25) is 0 Å². The maximum absolute atomic E-state index is 14.5. The van der Waals surface area contributed by atoms with E-state index in [0.29, 0.717) is 48.9 Å². The lowest BCUT2D eigenvalue weighted by atomic mass is 9.95. The molecule has 1 aliphatic heterocycles. The number of carbonyl (C=O) groups excluding carboxylic acids is 5. The number of nitrogens with zero attached hydrogens (tertiary/aromatic N) is 4. The predicted octanol–water partition coefficient (Wildman–Crippen LogP) is 8.12. The molecule has 0 radical (unpaired) electrons. The van der Waals surface area contributed by atoms with Gasteiger partial charge in [-0.1, -0.05) is 102 Å². The highest BCUT2D eigenvalue weighted by Gasteiger charge is 2.29. The number of amides is 2. The van der Waals surface area contributed by atoms with E-state index < -0.39 is 5.97 Å². The Labute approximate surface area is 312 Å². The van der Waals surface area contributed by atoms with E-state index in [9.17, 15) is 14.4 Å². The van der Waals surface area contributed by atoms with Gasteiger partial charge in [0.15, 0.2) is 5.69 Å². The third kappa shape index (κ3) is 10.5. The molecule has 5 rings (SSSR count). The van der Waals surface area contributed by atoms with Gasteiger partial charge in [0, 0.05) is 37.4 Å². The fraction of sp³-hybridized carbons (Fsp3) is 0.372. The van der Waals surface area contributed by atoms with E-state index in [-0.39, 0.29) is 28.9 Å². The van der Waals surface area contributed by atoms with Crippen molar-refractivity contribution >= 4 is 30.0 Å². The lowest BCUT2D eigenvalue weighted by molar-refractivity contribution is -0.191. The zero-order valence-corrected chi connectivity index (χ0v) is 31.7. The largest absolute Gasteiger partial charge is 0.423 e. The minimum absolute atomic E-state index is 0.120. The third-order valence-electron chi connectivity index (χ3n) is 9.03.